The number of hydrogen-bond acceptors (Lipinski definition) is 4. The first-order valence-electron chi connectivity index (χ1n) is 11.3. The van der Waals surface area contributed by atoms with Crippen LogP contribution in [0, 0.1) is 11.8 Å². The van der Waals surface area contributed by atoms with Gasteiger partial charge in [-0.1, -0.05) is 19.9 Å². The first-order valence-corrected chi connectivity index (χ1v) is 11.3. The summed E-state index contributed by atoms with van der Waals surface area (Å²) in [6.07, 6.45) is -4.12. The molecule has 2 aliphatic heterocycles. The fourth-order valence-corrected chi connectivity index (χ4v) is 4.78. The van der Waals surface area contributed by atoms with Gasteiger partial charge in [0.1, 0.15) is 5.75 Å². The number of hydrogen-bond donors (Lipinski definition) is 1. The minimum Gasteiger partial charge on any atom is -0.497 e. The van der Waals surface area contributed by atoms with Crippen molar-refractivity contribution in [3.63, 3.8) is 0 Å². The first kappa shape index (κ1) is 23.3. The highest BCUT2D eigenvalue weighted by Crippen LogP contribution is 2.40. The van der Waals surface area contributed by atoms with E-state index in [-0.39, 0.29) is 24.3 Å². The quantitative estimate of drug-likeness (QED) is 0.719. The van der Waals surface area contributed by atoms with Gasteiger partial charge in [0.15, 0.2) is 0 Å². The summed E-state index contributed by atoms with van der Waals surface area (Å²) in [6, 6.07) is 11.6. The van der Waals surface area contributed by atoms with Gasteiger partial charge in [-0.15, -0.1) is 0 Å². The van der Waals surface area contributed by atoms with Crippen LogP contribution in [0.15, 0.2) is 42.5 Å². The summed E-state index contributed by atoms with van der Waals surface area (Å²) in [7, 11) is 1.62. The second-order valence-electron chi connectivity index (χ2n) is 9.20. The molecule has 0 radical (unpaired) electrons. The molecule has 8 heteroatoms. The van der Waals surface area contributed by atoms with E-state index in [1.165, 1.54) is 6.07 Å². The Labute approximate surface area is 192 Å². The summed E-state index contributed by atoms with van der Waals surface area (Å²) < 4.78 is 45.4. The maximum atomic E-state index is 13.3. The van der Waals surface area contributed by atoms with E-state index < -0.39 is 17.7 Å². The molecule has 2 aromatic rings. The Hall–Kier alpha value is -2.90. The van der Waals surface area contributed by atoms with Gasteiger partial charge in [-0.25, -0.2) is 0 Å². The van der Waals surface area contributed by atoms with E-state index in [2.05, 4.69) is 15.1 Å². The summed E-state index contributed by atoms with van der Waals surface area (Å²) in [6.45, 7) is 6.50. The molecule has 1 amide bonds. The zero-order chi connectivity index (χ0) is 23.8. The van der Waals surface area contributed by atoms with Crippen LogP contribution in [0.1, 0.15) is 25.0 Å². The van der Waals surface area contributed by atoms with Crippen LogP contribution in [0.4, 0.5) is 24.5 Å². The largest absolute Gasteiger partial charge is 0.497 e. The Morgan fingerprint density at radius 2 is 1.97 bits per heavy atom. The van der Waals surface area contributed by atoms with Gasteiger partial charge in [0.2, 0.25) is 5.91 Å². The van der Waals surface area contributed by atoms with E-state index >= 15 is 0 Å². The summed E-state index contributed by atoms with van der Waals surface area (Å²) in [5.41, 5.74) is 1.72. The predicted molar refractivity (Wildman–Crippen MR) is 123 cm³/mol. The van der Waals surface area contributed by atoms with Gasteiger partial charge in [-0.05, 0) is 48.2 Å². The number of alkyl halides is 3. The van der Waals surface area contributed by atoms with Crippen LogP contribution in [0.5, 0.6) is 5.75 Å². The molecule has 1 fully saturated rings. The summed E-state index contributed by atoms with van der Waals surface area (Å²) >= 11 is 0. The molecule has 2 heterocycles. The molecular weight excluding hydrogens is 431 g/mol. The average molecular weight is 462 g/mol. The normalized spacial score (nSPS) is 20.3. The molecule has 1 N–H and O–H groups in total. The number of rotatable bonds is 5. The molecule has 2 aromatic carbocycles. The average Bonchev–Trinajstić information content (AvgIpc) is 2.80. The summed E-state index contributed by atoms with van der Waals surface area (Å²) in [5, 5.41) is 3.01. The van der Waals surface area contributed by atoms with Crippen molar-refractivity contribution in [1.82, 2.24) is 5.32 Å². The van der Waals surface area contributed by atoms with E-state index in [1.54, 1.807) is 13.2 Å². The number of benzene rings is 2. The highest BCUT2D eigenvalue weighted by Gasteiger charge is 2.42. The van der Waals surface area contributed by atoms with Crippen LogP contribution in [0.3, 0.4) is 0 Å². The monoisotopic (exact) mass is 461 g/mol. The lowest BCUT2D eigenvalue weighted by Gasteiger charge is -2.49. The van der Waals surface area contributed by atoms with Gasteiger partial charge in [0.05, 0.1) is 24.6 Å². The van der Waals surface area contributed by atoms with E-state index in [0.717, 1.165) is 23.2 Å². The van der Waals surface area contributed by atoms with Crippen molar-refractivity contribution in [1.29, 1.82) is 0 Å². The van der Waals surface area contributed by atoms with Gasteiger partial charge in [-0.3, -0.25) is 4.79 Å². The van der Waals surface area contributed by atoms with Crippen LogP contribution in [-0.2, 0) is 17.4 Å². The molecule has 33 heavy (non-hydrogen) atoms. The molecular formula is C25H30F3N3O2. The fraction of sp³-hybridized carbons (Fsp3) is 0.480. The third-order valence-corrected chi connectivity index (χ3v) is 6.48. The minimum atomic E-state index is -4.41. The summed E-state index contributed by atoms with van der Waals surface area (Å²) in [4.78, 5) is 17.5. The number of carbonyl (C=O) groups excluding carboxylic acids is 1. The molecule has 4 rings (SSSR count). The van der Waals surface area contributed by atoms with Gasteiger partial charge in [0.25, 0.3) is 0 Å². The SMILES string of the molecule is COc1cccc(N2CCN3c4ccc(C(F)(F)F)cc4C[C@H](C(=O)NCC(C)C)[C@H]3C2)c1. The van der Waals surface area contributed by atoms with Crippen LogP contribution in [0.2, 0.25) is 0 Å². The standard InChI is InChI=1S/C25H30F3N3O2/c1-16(2)14-29-24(32)21-12-17-11-18(25(26,27)28)7-8-22(17)31-10-9-30(15-23(21)31)19-5-4-6-20(13-19)33-3/h4-8,11,13,16,21,23H,9-10,12,14-15H2,1-3H3,(H,29,32)/t21-,23+/m0/s1. The number of halogens is 3. The molecule has 178 valence electrons. The van der Waals surface area contributed by atoms with Gasteiger partial charge >= 0.3 is 6.18 Å². The van der Waals surface area contributed by atoms with Gasteiger partial charge in [-0.2, -0.15) is 13.2 Å². The molecule has 0 unspecified atom stereocenters. The Balaban J connectivity index is 1.66. The molecule has 0 spiro atoms. The predicted octanol–water partition coefficient (Wildman–Crippen LogP) is 4.35. The smallest absolute Gasteiger partial charge is 0.416 e. The zero-order valence-electron chi connectivity index (χ0n) is 19.2. The highest BCUT2D eigenvalue weighted by atomic mass is 19.4. The molecule has 0 bridgehead atoms. The highest BCUT2D eigenvalue weighted by molar-refractivity contribution is 5.82. The Kier molecular flexibility index (Phi) is 6.45. The Morgan fingerprint density at radius 1 is 1.18 bits per heavy atom. The number of amides is 1. The van der Waals surface area contributed by atoms with E-state index in [4.69, 9.17) is 4.74 Å². The molecule has 1 saturated heterocycles. The third-order valence-electron chi connectivity index (χ3n) is 6.48. The number of methoxy groups -OCH3 is 1. The van der Waals surface area contributed by atoms with Gasteiger partial charge in [0, 0.05) is 43.6 Å². The van der Waals surface area contributed by atoms with Crippen molar-refractivity contribution in [2.45, 2.75) is 32.5 Å². The van der Waals surface area contributed by atoms with Crippen molar-refractivity contribution in [3.05, 3.63) is 53.6 Å². The number of nitrogens with zero attached hydrogens (tertiary/aromatic N) is 2. The van der Waals surface area contributed by atoms with Crippen LogP contribution < -0.4 is 19.9 Å². The molecule has 5 nitrogen and oxygen atoms in total. The van der Waals surface area contributed by atoms with E-state index in [0.29, 0.717) is 31.7 Å². The number of carbonyl (C=O) groups is 1. The third kappa shape index (κ3) is 4.89. The number of fused-ring (bicyclic) bond motifs is 3. The van der Waals surface area contributed by atoms with Crippen LogP contribution in [0.25, 0.3) is 0 Å². The number of anilines is 2. The number of piperazine rings is 1. The van der Waals surface area contributed by atoms with E-state index in [9.17, 15) is 18.0 Å². The Bertz CT molecular complexity index is 1010. The molecule has 0 aliphatic carbocycles. The van der Waals surface area contributed by atoms with Crippen molar-refractivity contribution in [2.24, 2.45) is 11.8 Å². The Morgan fingerprint density at radius 3 is 2.67 bits per heavy atom. The van der Waals surface area contributed by atoms with Crippen LogP contribution >= 0.6 is 0 Å². The molecule has 2 aliphatic rings. The fourth-order valence-electron chi connectivity index (χ4n) is 4.78. The summed E-state index contributed by atoms with van der Waals surface area (Å²) in [5.74, 6) is 0.509. The molecule has 0 saturated carbocycles. The molecule has 2 atom stereocenters. The lowest BCUT2D eigenvalue weighted by Crippen LogP contribution is -2.61. The molecule has 0 aromatic heterocycles. The second kappa shape index (κ2) is 9.15. The van der Waals surface area contributed by atoms with Crippen molar-refractivity contribution in [2.75, 3.05) is 43.1 Å². The maximum absolute atomic E-state index is 13.3. The minimum absolute atomic E-state index is 0.103. The van der Waals surface area contributed by atoms with Gasteiger partial charge < -0.3 is 19.9 Å². The number of nitrogens with one attached hydrogen (secondary N) is 1. The number of ether oxygens (including phenoxy) is 1. The van der Waals surface area contributed by atoms with Crippen molar-refractivity contribution in [3.8, 4) is 5.75 Å². The topological polar surface area (TPSA) is 44.8 Å². The lowest BCUT2D eigenvalue weighted by molar-refractivity contribution is -0.137. The maximum Gasteiger partial charge on any atom is 0.416 e. The lowest BCUT2D eigenvalue weighted by atomic mass is 9.82. The van der Waals surface area contributed by atoms with Crippen molar-refractivity contribution >= 4 is 17.3 Å². The second-order valence-corrected chi connectivity index (χ2v) is 9.20. The first-order chi connectivity index (χ1) is 15.7. The van der Waals surface area contributed by atoms with E-state index in [1.807, 2.05) is 38.1 Å². The van der Waals surface area contributed by atoms with Crippen molar-refractivity contribution < 1.29 is 22.7 Å². The van der Waals surface area contributed by atoms with Crippen LogP contribution in [-0.4, -0.2) is 45.2 Å². The zero-order valence-corrected chi connectivity index (χ0v) is 19.2.